The monoisotopic (exact) mass is 299 g/mol. The number of ether oxygens (including phenoxy) is 1. The van der Waals surface area contributed by atoms with Crippen molar-refractivity contribution in [3.63, 3.8) is 0 Å². The molecule has 3 nitrogen and oxygen atoms in total. The van der Waals surface area contributed by atoms with Crippen molar-refractivity contribution < 1.29 is 13.9 Å². The topological polar surface area (TPSA) is 29.5 Å². The Hall–Kier alpha value is -2.36. The molecule has 22 heavy (non-hydrogen) atoms. The standard InChI is InChI=1S/C18H18FNO2/c19-15-7-4-8-16(12-15)22-17-9-10-20(13-17)18(21)11-14-5-2-1-3-6-14/h1-8,12,17H,9-11,13H2. The summed E-state index contributed by atoms with van der Waals surface area (Å²) in [4.78, 5) is 14.1. The molecule has 1 aliphatic heterocycles. The number of benzene rings is 2. The van der Waals surface area contributed by atoms with Crippen LogP contribution in [0.25, 0.3) is 0 Å². The van der Waals surface area contributed by atoms with Crippen molar-refractivity contribution in [2.75, 3.05) is 13.1 Å². The molecule has 1 fully saturated rings. The lowest BCUT2D eigenvalue weighted by atomic mass is 10.1. The summed E-state index contributed by atoms with van der Waals surface area (Å²) >= 11 is 0. The molecule has 3 rings (SSSR count). The quantitative estimate of drug-likeness (QED) is 0.868. The van der Waals surface area contributed by atoms with Crippen LogP contribution in [-0.2, 0) is 11.2 Å². The second-order valence-electron chi connectivity index (χ2n) is 5.49. The average molecular weight is 299 g/mol. The first kappa shape index (κ1) is 14.6. The fourth-order valence-electron chi connectivity index (χ4n) is 2.67. The molecule has 0 aromatic heterocycles. The van der Waals surface area contributed by atoms with Gasteiger partial charge in [-0.25, -0.2) is 4.39 Å². The summed E-state index contributed by atoms with van der Waals surface area (Å²) in [5.41, 5.74) is 1.02. The average Bonchev–Trinajstić information content (AvgIpc) is 2.97. The maximum atomic E-state index is 13.1. The molecule has 0 N–H and O–H groups in total. The van der Waals surface area contributed by atoms with Crippen molar-refractivity contribution in [2.24, 2.45) is 0 Å². The minimum Gasteiger partial charge on any atom is -0.488 e. The second-order valence-corrected chi connectivity index (χ2v) is 5.49. The number of hydrogen-bond donors (Lipinski definition) is 0. The van der Waals surface area contributed by atoms with Gasteiger partial charge in [-0.05, 0) is 17.7 Å². The number of halogens is 1. The van der Waals surface area contributed by atoms with Crippen LogP contribution >= 0.6 is 0 Å². The van der Waals surface area contributed by atoms with Gasteiger partial charge in [0.15, 0.2) is 0 Å². The SMILES string of the molecule is O=C(Cc1ccccc1)N1CCC(Oc2cccc(F)c2)C1. The zero-order valence-corrected chi connectivity index (χ0v) is 12.2. The Morgan fingerprint density at radius 3 is 2.77 bits per heavy atom. The summed E-state index contributed by atoms with van der Waals surface area (Å²) in [7, 11) is 0. The van der Waals surface area contributed by atoms with Gasteiger partial charge in [0, 0.05) is 19.0 Å². The lowest BCUT2D eigenvalue weighted by molar-refractivity contribution is -0.129. The van der Waals surface area contributed by atoms with E-state index in [0.717, 1.165) is 12.0 Å². The molecule has 1 atom stereocenters. The smallest absolute Gasteiger partial charge is 0.227 e. The van der Waals surface area contributed by atoms with E-state index in [2.05, 4.69) is 0 Å². The molecule has 1 aliphatic rings. The van der Waals surface area contributed by atoms with Crippen molar-refractivity contribution in [3.05, 3.63) is 66.0 Å². The maximum absolute atomic E-state index is 13.1. The summed E-state index contributed by atoms with van der Waals surface area (Å²) in [6.07, 6.45) is 1.12. The first-order valence-electron chi connectivity index (χ1n) is 7.44. The molecule has 1 heterocycles. The Bertz CT molecular complexity index is 645. The van der Waals surface area contributed by atoms with E-state index >= 15 is 0 Å². The fraction of sp³-hybridized carbons (Fsp3) is 0.278. The van der Waals surface area contributed by atoms with Gasteiger partial charge in [-0.1, -0.05) is 36.4 Å². The van der Waals surface area contributed by atoms with Crippen molar-refractivity contribution in [2.45, 2.75) is 18.9 Å². The van der Waals surface area contributed by atoms with Gasteiger partial charge in [-0.15, -0.1) is 0 Å². The summed E-state index contributed by atoms with van der Waals surface area (Å²) in [5, 5.41) is 0. The molecule has 0 bridgehead atoms. The largest absolute Gasteiger partial charge is 0.488 e. The van der Waals surface area contributed by atoms with Gasteiger partial charge in [0.1, 0.15) is 17.7 Å². The van der Waals surface area contributed by atoms with E-state index in [9.17, 15) is 9.18 Å². The highest BCUT2D eigenvalue weighted by atomic mass is 19.1. The van der Waals surface area contributed by atoms with Crippen LogP contribution in [-0.4, -0.2) is 30.0 Å². The lowest BCUT2D eigenvalue weighted by Gasteiger charge is -2.17. The third-order valence-corrected chi connectivity index (χ3v) is 3.79. The van der Waals surface area contributed by atoms with Gasteiger partial charge < -0.3 is 9.64 Å². The molecule has 114 valence electrons. The molecule has 1 unspecified atom stereocenters. The maximum Gasteiger partial charge on any atom is 0.227 e. The van der Waals surface area contributed by atoms with Crippen LogP contribution in [0, 0.1) is 5.82 Å². The molecular formula is C18H18FNO2. The number of amides is 1. The Balaban J connectivity index is 1.54. The highest BCUT2D eigenvalue weighted by Gasteiger charge is 2.27. The van der Waals surface area contributed by atoms with Crippen molar-refractivity contribution in [1.29, 1.82) is 0 Å². The van der Waals surface area contributed by atoms with Crippen LogP contribution in [0.5, 0.6) is 5.75 Å². The molecule has 1 amide bonds. The number of rotatable bonds is 4. The van der Waals surface area contributed by atoms with Crippen LogP contribution < -0.4 is 4.74 Å². The Labute approximate surface area is 129 Å². The van der Waals surface area contributed by atoms with Crippen molar-refractivity contribution in [3.8, 4) is 5.75 Å². The fourth-order valence-corrected chi connectivity index (χ4v) is 2.67. The molecule has 0 saturated carbocycles. The van der Waals surface area contributed by atoms with Crippen LogP contribution in [0.15, 0.2) is 54.6 Å². The van der Waals surface area contributed by atoms with E-state index < -0.39 is 0 Å². The lowest BCUT2D eigenvalue weighted by Crippen LogP contribution is -2.32. The van der Waals surface area contributed by atoms with Crippen LogP contribution in [0.1, 0.15) is 12.0 Å². The summed E-state index contributed by atoms with van der Waals surface area (Å²) in [6, 6.07) is 15.8. The zero-order valence-electron chi connectivity index (χ0n) is 12.2. The predicted octanol–water partition coefficient (Wildman–Crippen LogP) is 3.05. The van der Waals surface area contributed by atoms with E-state index in [4.69, 9.17) is 4.74 Å². The highest BCUT2D eigenvalue weighted by molar-refractivity contribution is 5.79. The Morgan fingerprint density at radius 1 is 1.18 bits per heavy atom. The van der Waals surface area contributed by atoms with Gasteiger partial charge in [-0.2, -0.15) is 0 Å². The normalized spacial score (nSPS) is 17.5. The minimum atomic E-state index is -0.312. The Kier molecular flexibility index (Phi) is 4.37. The predicted molar refractivity (Wildman–Crippen MR) is 82.2 cm³/mol. The number of carbonyl (C=O) groups is 1. The van der Waals surface area contributed by atoms with E-state index in [0.29, 0.717) is 25.3 Å². The Morgan fingerprint density at radius 2 is 2.00 bits per heavy atom. The molecule has 4 heteroatoms. The van der Waals surface area contributed by atoms with Crippen molar-refractivity contribution >= 4 is 5.91 Å². The molecule has 2 aromatic rings. The third-order valence-electron chi connectivity index (χ3n) is 3.79. The van der Waals surface area contributed by atoms with Crippen LogP contribution in [0.4, 0.5) is 4.39 Å². The summed E-state index contributed by atoms with van der Waals surface area (Å²) < 4.78 is 18.9. The van der Waals surface area contributed by atoms with E-state index in [1.54, 1.807) is 12.1 Å². The summed E-state index contributed by atoms with van der Waals surface area (Å²) in [6.45, 7) is 1.24. The number of likely N-dealkylation sites (tertiary alicyclic amines) is 1. The number of hydrogen-bond acceptors (Lipinski definition) is 2. The van der Waals surface area contributed by atoms with Crippen LogP contribution in [0.3, 0.4) is 0 Å². The first-order chi connectivity index (χ1) is 10.7. The first-order valence-corrected chi connectivity index (χ1v) is 7.44. The molecular weight excluding hydrogens is 281 g/mol. The minimum absolute atomic E-state index is 0.0680. The molecule has 1 saturated heterocycles. The van der Waals surface area contributed by atoms with Gasteiger partial charge in [0.05, 0.1) is 13.0 Å². The molecule has 2 aromatic carbocycles. The summed E-state index contributed by atoms with van der Waals surface area (Å²) in [5.74, 6) is 0.311. The third kappa shape index (κ3) is 3.64. The zero-order chi connectivity index (χ0) is 15.4. The van der Waals surface area contributed by atoms with E-state index in [1.165, 1.54) is 12.1 Å². The van der Waals surface area contributed by atoms with Gasteiger partial charge >= 0.3 is 0 Å². The highest BCUT2D eigenvalue weighted by Crippen LogP contribution is 2.20. The number of nitrogens with zero attached hydrogens (tertiary/aromatic N) is 1. The van der Waals surface area contributed by atoms with Gasteiger partial charge in [-0.3, -0.25) is 4.79 Å². The second kappa shape index (κ2) is 6.60. The molecule has 0 radical (unpaired) electrons. The number of carbonyl (C=O) groups excluding carboxylic acids is 1. The van der Waals surface area contributed by atoms with E-state index in [1.807, 2.05) is 35.2 Å². The molecule has 0 aliphatic carbocycles. The van der Waals surface area contributed by atoms with Crippen molar-refractivity contribution in [1.82, 2.24) is 4.90 Å². The van der Waals surface area contributed by atoms with Gasteiger partial charge in [0.25, 0.3) is 0 Å². The molecule has 0 spiro atoms. The van der Waals surface area contributed by atoms with Gasteiger partial charge in [0.2, 0.25) is 5.91 Å². The van der Waals surface area contributed by atoms with E-state index in [-0.39, 0.29) is 17.8 Å². The van der Waals surface area contributed by atoms with Crippen LogP contribution in [0.2, 0.25) is 0 Å².